The normalized spacial score (nSPS) is 18.5. The lowest BCUT2D eigenvalue weighted by atomic mass is 9.91. The molecule has 2 aromatic carbocycles. The molecule has 5 nitrogen and oxygen atoms in total. The number of hydrogen-bond donors (Lipinski definition) is 2. The third kappa shape index (κ3) is 4.10. The molecule has 0 radical (unpaired) electrons. The van der Waals surface area contributed by atoms with E-state index in [2.05, 4.69) is 0 Å². The molecule has 1 aliphatic carbocycles. The Bertz CT molecular complexity index is 1240. The summed E-state index contributed by atoms with van der Waals surface area (Å²) in [5.74, 6) is -0.740. The average molecular weight is 473 g/mol. The fourth-order valence-corrected chi connectivity index (χ4v) is 5.61. The van der Waals surface area contributed by atoms with Gasteiger partial charge in [0.2, 0.25) is 0 Å². The standard InChI is InChI=1S/C26H26F3NO4/c27-26(28,29)21-11-15(5-7-19(21)16-3-1-2-4-16)14-34-18-6-8-22-20(13-18)25(33)24-17(12-23(31)32)9-10-30(22)24/h5-8,11,13,16-17,33H,1-4,9-10,12,14H2,(H,31,32)/t17-/m1/s1. The van der Waals surface area contributed by atoms with Crippen molar-refractivity contribution in [3.8, 4) is 11.5 Å². The van der Waals surface area contributed by atoms with Gasteiger partial charge < -0.3 is 19.5 Å². The van der Waals surface area contributed by atoms with Gasteiger partial charge in [0.05, 0.1) is 23.2 Å². The number of carbonyl (C=O) groups is 1. The van der Waals surface area contributed by atoms with Crippen molar-refractivity contribution in [2.24, 2.45) is 0 Å². The zero-order valence-electron chi connectivity index (χ0n) is 18.6. The third-order valence-electron chi connectivity index (χ3n) is 7.18. The fraction of sp³-hybridized carbons (Fsp3) is 0.423. The van der Waals surface area contributed by atoms with E-state index in [1.54, 1.807) is 30.3 Å². The van der Waals surface area contributed by atoms with Gasteiger partial charge in [0.1, 0.15) is 18.1 Å². The van der Waals surface area contributed by atoms with Crippen molar-refractivity contribution in [2.45, 2.75) is 69.7 Å². The molecule has 0 saturated heterocycles. The molecule has 180 valence electrons. The van der Waals surface area contributed by atoms with E-state index in [-0.39, 0.29) is 30.6 Å². The molecule has 34 heavy (non-hydrogen) atoms. The van der Waals surface area contributed by atoms with Crippen LogP contribution >= 0.6 is 0 Å². The van der Waals surface area contributed by atoms with Crippen LogP contribution in [0.2, 0.25) is 0 Å². The molecule has 0 spiro atoms. The quantitative estimate of drug-likeness (QED) is 0.425. The van der Waals surface area contributed by atoms with Crippen LogP contribution in [-0.4, -0.2) is 20.7 Å². The second-order valence-electron chi connectivity index (χ2n) is 9.34. The molecule has 1 fully saturated rings. The molecule has 2 aliphatic rings. The number of nitrogens with zero attached hydrogens (tertiary/aromatic N) is 1. The SMILES string of the molecule is O=C(O)C[C@H]1CCn2c1c(O)c1cc(OCc3ccc(C4CCCC4)c(C(F)(F)F)c3)ccc12. The smallest absolute Gasteiger partial charge is 0.416 e. The highest BCUT2D eigenvalue weighted by Crippen LogP contribution is 2.45. The van der Waals surface area contributed by atoms with Crippen molar-refractivity contribution in [1.82, 2.24) is 4.57 Å². The predicted molar refractivity (Wildman–Crippen MR) is 120 cm³/mol. The molecule has 1 saturated carbocycles. The van der Waals surface area contributed by atoms with E-state index in [1.165, 1.54) is 6.07 Å². The van der Waals surface area contributed by atoms with E-state index in [4.69, 9.17) is 9.84 Å². The first-order valence-corrected chi connectivity index (χ1v) is 11.6. The van der Waals surface area contributed by atoms with Gasteiger partial charge >= 0.3 is 12.1 Å². The number of aromatic hydroxyl groups is 1. The highest BCUT2D eigenvalue weighted by molar-refractivity contribution is 5.90. The summed E-state index contributed by atoms with van der Waals surface area (Å²) in [5, 5.41) is 20.5. The van der Waals surface area contributed by atoms with Gasteiger partial charge in [-0.2, -0.15) is 13.2 Å². The summed E-state index contributed by atoms with van der Waals surface area (Å²) in [6.07, 6.45) is -0.314. The number of rotatable bonds is 6. The van der Waals surface area contributed by atoms with Gasteiger partial charge in [0.25, 0.3) is 0 Å². The van der Waals surface area contributed by atoms with Gasteiger partial charge in [-0.05, 0) is 60.6 Å². The Kier molecular flexibility index (Phi) is 5.70. The number of fused-ring (bicyclic) bond motifs is 3. The molecule has 8 heteroatoms. The second-order valence-corrected chi connectivity index (χ2v) is 9.34. The largest absolute Gasteiger partial charge is 0.505 e. The lowest BCUT2D eigenvalue weighted by Gasteiger charge is -2.19. The third-order valence-corrected chi connectivity index (χ3v) is 7.18. The molecule has 2 N–H and O–H groups in total. The molecule has 2 heterocycles. The van der Waals surface area contributed by atoms with Crippen molar-refractivity contribution < 1.29 is 32.9 Å². The highest BCUT2D eigenvalue weighted by atomic mass is 19.4. The van der Waals surface area contributed by atoms with Gasteiger partial charge in [-0.3, -0.25) is 4.79 Å². The number of alkyl halides is 3. The first-order chi connectivity index (χ1) is 16.2. The van der Waals surface area contributed by atoms with Gasteiger partial charge in [-0.1, -0.05) is 25.0 Å². The van der Waals surface area contributed by atoms with Crippen molar-refractivity contribution >= 4 is 16.9 Å². The summed E-state index contributed by atoms with van der Waals surface area (Å²) < 4.78 is 49.0. The monoisotopic (exact) mass is 473 g/mol. The second kappa shape index (κ2) is 8.56. The lowest BCUT2D eigenvalue weighted by molar-refractivity contribution is -0.139. The minimum absolute atomic E-state index is 0.0322. The zero-order valence-corrected chi connectivity index (χ0v) is 18.6. The summed E-state index contributed by atoms with van der Waals surface area (Å²) in [5.41, 5.74) is 1.63. The molecule has 1 aliphatic heterocycles. The number of aliphatic carboxylic acids is 1. The number of benzene rings is 2. The van der Waals surface area contributed by atoms with Crippen molar-refractivity contribution in [1.29, 1.82) is 0 Å². The predicted octanol–water partition coefficient (Wildman–Crippen LogP) is 6.56. The summed E-state index contributed by atoms with van der Waals surface area (Å²) in [4.78, 5) is 11.2. The number of hydrogen-bond acceptors (Lipinski definition) is 3. The first-order valence-electron chi connectivity index (χ1n) is 11.6. The van der Waals surface area contributed by atoms with Crippen LogP contribution in [0.25, 0.3) is 10.9 Å². The first kappa shape index (κ1) is 22.6. The molecular weight excluding hydrogens is 447 g/mol. The molecule has 5 rings (SSSR count). The average Bonchev–Trinajstić information content (AvgIpc) is 3.51. The van der Waals surface area contributed by atoms with Crippen molar-refractivity contribution in [2.75, 3.05) is 0 Å². The van der Waals surface area contributed by atoms with Crippen LogP contribution in [0, 0.1) is 0 Å². The summed E-state index contributed by atoms with van der Waals surface area (Å²) in [6, 6.07) is 9.65. The Balaban J connectivity index is 1.38. The van der Waals surface area contributed by atoms with E-state index in [0.29, 0.717) is 40.9 Å². The number of ether oxygens (including phenoxy) is 1. The maximum atomic E-state index is 13.7. The van der Waals surface area contributed by atoms with E-state index >= 15 is 0 Å². The van der Waals surface area contributed by atoms with E-state index < -0.39 is 17.7 Å². The van der Waals surface area contributed by atoms with Crippen molar-refractivity contribution in [3.05, 3.63) is 58.8 Å². The van der Waals surface area contributed by atoms with Crippen LogP contribution < -0.4 is 4.74 Å². The van der Waals surface area contributed by atoms with Crippen LogP contribution in [-0.2, 0) is 24.1 Å². The van der Waals surface area contributed by atoms with Crippen LogP contribution in [0.15, 0.2) is 36.4 Å². The van der Waals surface area contributed by atoms with Crippen LogP contribution in [0.3, 0.4) is 0 Å². The summed E-state index contributed by atoms with van der Waals surface area (Å²) in [6.45, 7) is 0.591. The molecule has 0 amide bonds. The maximum Gasteiger partial charge on any atom is 0.416 e. The minimum Gasteiger partial charge on any atom is -0.505 e. The Morgan fingerprint density at radius 3 is 2.56 bits per heavy atom. The summed E-state index contributed by atoms with van der Waals surface area (Å²) >= 11 is 0. The Labute approximate surface area is 194 Å². The lowest BCUT2D eigenvalue weighted by Crippen LogP contribution is -2.12. The molecule has 1 atom stereocenters. The van der Waals surface area contributed by atoms with E-state index in [1.807, 2.05) is 4.57 Å². The van der Waals surface area contributed by atoms with Crippen LogP contribution in [0.4, 0.5) is 13.2 Å². The Hall–Kier alpha value is -3.16. The van der Waals surface area contributed by atoms with Gasteiger partial charge in [-0.15, -0.1) is 0 Å². The number of halogens is 3. The van der Waals surface area contributed by atoms with Crippen LogP contribution in [0.5, 0.6) is 11.5 Å². The summed E-state index contributed by atoms with van der Waals surface area (Å²) in [7, 11) is 0. The topological polar surface area (TPSA) is 71.7 Å². The van der Waals surface area contributed by atoms with Gasteiger partial charge in [0.15, 0.2) is 0 Å². The Morgan fingerprint density at radius 1 is 1.09 bits per heavy atom. The van der Waals surface area contributed by atoms with E-state index in [0.717, 1.165) is 31.2 Å². The number of aryl methyl sites for hydroxylation is 1. The number of aromatic nitrogens is 1. The molecular formula is C26H26F3NO4. The maximum absolute atomic E-state index is 13.7. The molecule has 3 aromatic rings. The van der Waals surface area contributed by atoms with E-state index in [9.17, 15) is 23.1 Å². The highest BCUT2D eigenvalue weighted by Gasteiger charge is 2.36. The van der Waals surface area contributed by atoms with Gasteiger partial charge in [0, 0.05) is 17.8 Å². The zero-order chi connectivity index (χ0) is 24.0. The van der Waals surface area contributed by atoms with Crippen molar-refractivity contribution in [3.63, 3.8) is 0 Å². The molecule has 0 bridgehead atoms. The minimum atomic E-state index is -4.42. The molecule has 0 unspecified atom stereocenters. The fourth-order valence-electron chi connectivity index (χ4n) is 5.61. The Morgan fingerprint density at radius 2 is 1.85 bits per heavy atom. The van der Waals surface area contributed by atoms with Crippen LogP contribution in [0.1, 0.15) is 72.7 Å². The number of carboxylic acid groups (broad SMARTS) is 1. The number of carboxylic acids is 1. The van der Waals surface area contributed by atoms with Gasteiger partial charge in [-0.25, -0.2) is 0 Å². The molecule has 1 aromatic heterocycles.